The van der Waals surface area contributed by atoms with Crippen molar-refractivity contribution >= 4 is 5.95 Å². The van der Waals surface area contributed by atoms with E-state index in [-0.39, 0.29) is 0 Å². The van der Waals surface area contributed by atoms with Crippen LogP contribution in [-0.4, -0.2) is 29.3 Å². The monoisotopic (exact) mass is 251 g/mol. The van der Waals surface area contributed by atoms with Crippen molar-refractivity contribution in [2.24, 2.45) is 5.92 Å². The van der Waals surface area contributed by atoms with Gasteiger partial charge >= 0.3 is 0 Å². The Morgan fingerprint density at radius 1 is 1.44 bits per heavy atom. The first-order chi connectivity index (χ1) is 8.90. The zero-order chi connectivity index (χ0) is 12.6. The third-order valence-electron chi connectivity index (χ3n) is 3.60. The van der Waals surface area contributed by atoms with E-state index in [2.05, 4.69) is 21.1 Å². The summed E-state index contributed by atoms with van der Waals surface area (Å²) in [5.74, 6) is 1.86. The summed E-state index contributed by atoms with van der Waals surface area (Å²) >= 11 is 0. The van der Waals surface area contributed by atoms with E-state index in [4.69, 9.17) is 4.74 Å². The van der Waals surface area contributed by atoms with Gasteiger partial charge in [0.25, 0.3) is 0 Å². The fraction of sp³-hybridized carbons (Fsp3) is 0.786. The van der Waals surface area contributed by atoms with Crippen molar-refractivity contribution in [2.75, 3.05) is 25.1 Å². The molecule has 0 spiro atoms. The van der Waals surface area contributed by atoms with E-state index in [1.807, 2.05) is 13.1 Å². The fourth-order valence-electron chi connectivity index (χ4n) is 2.61. The summed E-state index contributed by atoms with van der Waals surface area (Å²) in [6, 6.07) is 0. The molecule has 1 heterocycles. The van der Waals surface area contributed by atoms with E-state index in [9.17, 15) is 0 Å². The SMILES string of the molecule is CCOCCCNc1nccn1CC1CCCC1. The van der Waals surface area contributed by atoms with Crippen molar-refractivity contribution in [3.8, 4) is 0 Å². The topological polar surface area (TPSA) is 39.1 Å². The molecular formula is C14H25N3O. The van der Waals surface area contributed by atoms with Gasteiger partial charge in [-0.05, 0) is 32.1 Å². The standard InChI is InChI=1S/C14H25N3O/c1-2-18-11-5-8-15-14-16-9-10-17(14)12-13-6-3-4-7-13/h9-10,13H,2-8,11-12H2,1H3,(H,15,16). The lowest BCUT2D eigenvalue weighted by Crippen LogP contribution is -2.13. The van der Waals surface area contributed by atoms with Crippen molar-refractivity contribution in [1.29, 1.82) is 0 Å². The maximum Gasteiger partial charge on any atom is 0.202 e. The van der Waals surface area contributed by atoms with Gasteiger partial charge in [-0.25, -0.2) is 4.98 Å². The Hall–Kier alpha value is -1.03. The van der Waals surface area contributed by atoms with Crippen LogP contribution in [0.3, 0.4) is 0 Å². The lowest BCUT2D eigenvalue weighted by Gasteiger charge is -2.13. The zero-order valence-corrected chi connectivity index (χ0v) is 11.4. The summed E-state index contributed by atoms with van der Waals surface area (Å²) in [6.45, 7) is 5.71. The first-order valence-corrected chi connectivity index (χ1v) is 7.23. The first kappa shape index (κ1) is 13.4. The molecule has 0 saturated heterocycles. The van der Waals surface area contributed by atoms with E-state index >= 15 is 0 Å². The highest BCUT2D eigenvalue weighted by molar-refractivity contribution is 5.25. The highest BCUT2D eigenvalue weighted by atomic mass is 16.5. The number of anilines is 1. The molecule has 0 amide bonds. The van der Waals surface area contributed by atoms with Gasteiger partial charge in [0.15, 0.2) is 0 Å². The molecule has 1 aromatic heterocycles. The molecule has 4 heteroatoms. The third-order valence-corrected chi connectivity index (χ3v) is 3.60. The van der Waals surface area contributed by atoms with Gasteiger partial charge in [-0.3, -0.25) is 0 Å². The molecule has 1 aliphatic carbocycles. The Labute approximate surface area is 110 Å². The molecular weight excluding hydrogens is 226 g/mol. The van der Waals surface area contributed by atoms with Crippen LogP contribution in [0.5, 0.6) is 0 Å². The highest BCUT2D eigenvalue weighted by Gasteiger charge is 2.16. The Bertz CT molecular complexity index is 332. The number of imidazole rings is 1. The Morgan fingerprint density at radius 3 is 3.06 bits per heavy atom. The number of nitrogens with zero attached hydrogens (tertiary/aromatic N) is 2. The smallest absolute Gasteiger partial charge is 0.202 e. The summed E-state index contributed by atoms with van der Waals surface area (Å²) in [7, 11) is 0. The lowest BCUT2D eigenvalue weighted by molar-refractivity contribution is 0.147. The molecule has 0 unspecified atom stereocenters. The normalized spacial score (nSPS) is 16.3. The van der Waals surface area contributed by atoms with Crippen molar-refractivity contribution < 1.29 is 4.74 Å². The molecule has 1 aromatic rings. The molecule has 0 radical (unpaired) electrons. The second-order valence-corrected chi connectivity index (χ2v) is 5.03. The van der Waals surface area contributed by atoms with Crippen LogP contribution in [0.1, 0.15) is 39.0 Å². The van der Waals surface area contributed by atoms with Gasteiger partial charge in [-0.15, -0.1) is 0 Å². The van der Waals surface area contributed by atoms with E-state index in [1.165, 1.54) is 25.7 Å². The number of rotatable bonds is 8. The van der Waals surface area contributed by atoms with Crippen LogP contribution in [0.4, 0.5) is 5.95 Å². The summed E-state index contributed by atoms with van der Waals surface area (Å²) in [5, 5.41) is 3.40. The van der Waals surface area contributed by atoms with Gasteiger partial charge in [-0.2, -0.15) is 0 Å². The van der Waals surface area contributed by atoms with Crippen LogP contribution in [0.2, 0.25) is 0 Å². The lowest BCUT2D eigenvalue weighted by atomic mass is 10.1. The zero-order valence-electron chi connectivity index (χ0n) is 11.4. The average molecular weight is 251 g/mol. The summed E-state index contributed by atoms with van der Waals surface area (Å²) in [5.41, 5.74) is 0. The Balaban J connectivity index is 1.72. The summed E-state index contributed by atoms with van der Waals surface area (Å²) in [6.07, 6.45) is 10.6. The molecule has 1 aliphatic rings. The molecule has 1 N–H and O–H groups in total. The summed E-state index contributed by atoms with van der Waals surface area (Å²) < 4.78 is 7.58. The van der Waals surface area contributed by atoms with Crippen LogP contribution < -0.4 is 5.32 Å². The molecule has 0 aliphatic heterocycles. The maximum absolute atomic E-state index is 5.32. The van der Waals surface area contributed by atoms with E-state index in [0.29, 0.717) is 0 Å². The van der Waals surface area contributed by atoms with E-state index < -0.39 is 0 Å². The molecule has 102 valence electrons. The predicted molar refractivity (Wildman–Crippen MR) is 73.8 cm³/mol. The van der Waals surface area contributed by atoms with Gasteiger partial charge < -0.3 is 14.6 Å². The molecule has 0 atom stereocenters. The molecule has 1 saturated carbocycles. The number of aromatic nitrogens is 2. The number of nitrogens with one attached hydrogen (secondary N) is 1. The molecule has 18 heavy (non-hydrogen) atoms. The maximum atomic E-state index is 5.32. The van der Waals surface area contributed by atoms with Crippen molar-refractivity contribution in [2.45, 2.75) is 45.6 Å². The quantitative estimate of drug-likeness (QED) is 0.722. The van der Waals surface area contributed by atoms with Gasteiger partial charge in [0.2, 0.25) is 5.95 Å². The number of ether oxygens (including phenoxy) is 1. The van der Waals surface area contributed by atoms with E-state index in [0.717, 1.165) is 44.6 Å². The number of hydrogen-bond acceptors (Lipinski definition) is 3. The Kier molecular flexibility index (Phi) is 5.52. The second-order valence-electron chi connectivity index (χ2n) is 5.03. The fourth-order valence-corrected chi connectivity index (χ4v) is 2.61. The van der Waals surface area contributed by atoms with Crippen molar-refractivity contribution in [3.63, 3.8) is 0 Å². The molecule has 0 bridgehead atoms. The first-order valence-electron chi connectivity index (χ1n) is 7.23. The minimum atomic E-state index is 0.802. The van der Waals surface area contributed by atoms with Gasteiger partial charge in [0.05, 0.1) is 0 Å². The molecule has 2 rings (SSSR count). The van der Waals surface area contributed by atoms with Crippen LogP contribution in [-0.2, 0) is 11.3 Å². The average Bonchev–Trinajstić information content (AvgIpc) is 3.02. The second kappa shape index (κ2) is 7.41. The minimum absolute atomic E-state index is 0.802. The van der Waals surface area contributed by atoms with Crippen LogP contribution in [0, 0.1) is 5.92 Å². The van der Waals surface area contributed by atoms with Crippen LogP contribution >= 0.6 is 0 Å². The van der Waals surface area contributed by atoms with E-state index in [1.54, 1.807) is 0 Å². The van der Waals surface area contributed by atoms with Crippen molar-refractivity contribution in [3.05, 3.63) is 12.4 Å². The van der Waals surface area contributed by atoms with Crippen LogP contribution in [0.15, 0.2) is 12.4 Å². The summed E-state index contributed by atoms with van der Waals surface area (Å²) in [4.78, 5) is 4.39. The van der Waals surface area contributed by atoms with Gasteiger partial charge in [0, 0.05) is 38.7 Å². The van der Waals surface area contributed by atoms with Gasteiger partial charge in [-0.1, -0.05) is 12.8 Å². The Morgan fingerprint density at radius 2 is 2.28 bits per heavy atom. The van der Waals surface area contributed by atoms with Crippen LogP contribution in [0.25, 0.3) is 0 Å². The molecule has 1 fully saturated rings. The number of hydrogen-bond donors (Lipinski definition) is 1. The molecule has 4 nitrogen and oxygen atoms in total. The minimum Gasteiger partial charge on any atom is -0.382 e. The predicted octanol–water partition coefficient (Wildman–Crippen LogP) is 2.91. The van der Waals surface area contributed by atoms with Crippen molar-refractivity contribution in [1.82, 2.24) is 9.55 Å². The molecule has 0 aromatic carbocycles. The third kappa shape index (κ3) is 4.02. The largest absolute Gasteiger partial charge is 0.382 e. The van der Waals surface area contributed by atoms with Gasteiger partial charge in [0.1, 0.15) is 0 Å². The highest BCUT2D eigenvalue weighted by Crippen LogP contribution is 2.26.